The molecule has 3 aromatic rings. The van der Waals surface area contributed by atoms with Crippen molar-refractivity contribution in [2.45, 2.75) is 0 Å². The molecule has 0 fully saturated rings. The lowest BCUT2D eigenvalue weighted by Gasteiger charge is -2.02. The van der Waals surface area contributed by atoms with E-state index in [2.05, 4.69) is 15.3 Å². The van der Waals surface area contributed by atoms with E-state index in [9.17, 15) is 4.79 Å². The normalized spacial score (nSPS) is 10.8. The largest absolute Gasteiger partial charge is 0.381 e. The first-order valence-electron chi connectivity index (χ1n) is 5.03. The first-order chi connectivity index (χ1) is 8.29. The van der Waals surface area contributed by atoms with E-state index in [1.807, 2.05) is 28.7 Å². The third kappa shape index (κ3) is 1.38. The highest BCUT2D eigenvalue weighted by atomic mass is 16.1. The Kier molecular flexibility index (Phi) is 1.94. The van der Waals surface area contributed by atoms with E-state index in [1.54, 1.807) is 6.20 Å². The van der Waals surface area contributed by atoms with Gasteiger partial charge in [0.1, 0.15) is 0 Å². The molecule has 0 bridgehead atoms. The highest BCUT2D eigenvalue weighted by molar-refractivity contribution is 5.84. The molecule has 0 radical (unpaired) electrons. The minimum Gasteiger partial charge on any atom is -0.381 e. The van der Waals surface area contributed by atoms with Gasteiger partial charge in [0.25, 0.3) is 0 Å². The first kappa shape index (κ1) is 9.59. The highest BCUT2D eigenvalue weighted by Crippen LogP contribution is 2.21. The standard InChI is InChI=1S/C11H9N5O/c12-10-11-14-7-3-1-2-4-8(7)16(11)5-9(15-10)13-6-17/h1-6H,(H2,12,15)(H,13,17). The lowest BCUT2D eigenvalue weighted by Crippen LogP contribution is -2.03. The number of nitrogens with zero attached hydrogens (tertiary/aromatic N) is 3. The summed E-state index contributed by atoms with van der Waals surface area (Å²) in [6.45, 7) is 0. The monoisotopic (exact) mass is 227 g/mol. The van der Waals surface area contributed by atoms with E-state index in [-0.39, 0.29) is 5.82 Å². The summed E-state index contributed by atoms with van der Waals surface area (Å²) in [7, 11) is 0. The molecule has 0 atom stereocenters. The summed E-state index contributed by atoms with van der Waals surface area (Å²) in [6.07, 6.45) is 2.25. The number of carbonyl (C=O) groups is 1. The van der Waals surface area contributed by atoms with Gasteiger partial charge in [-0.1, -0.05) is 12.1 Å². The quantitative estimate of drug-likeness (QED) is 0.640. The zero-order valence-corrected chi connectivity index (χ0v) is 8.79. The van der Waals surface area contributed by atoms with Crippen molar-refractivity contribution in [1.82, 2.24) is 14.4 Å². The van der Waals surface area contributed by atoms with Crippen molar-refractivity contribution in [3.05, 3.63) is 30.5 Å². The fourth-order valence-electron chi connectivity index (χ4n) is 1.82. The van der Waals surface area contributed by atoms with E-state index < -0.39 is 0 Å². The van der Waals surface area contributed by atoms with E-state index in [0.717, 1.165) is 11.0 Å². The highest BCUT2D eigenvalue weighted by Gasteiger charge is 2.08. The van der Waals surface area contributed by atoms with Crippen LogP contribution in [0, 0.1) is 0 Å². The van der Waals surface area contributed by atoms with Gasteiger partial charge in [0.05, 0.1) is 17.2 Å². The third-order valence-electron chi connectivity index (χ3n) is 2.52. The van der Waals surface area contributed by atoms with Crippen LogP contribution in [0.15, 0.2) is 30.5 Å². The number of nitrogens with one attached hydrogen (secondary N) is 1. The van der Waals surface area contributed by atoms with Gasteiger partial charge in [0.15, 0.2) is 17.3 Å². The lowest BCUT2D eigenvalue weighted by molar-refractivity contribution is -0.105. The van der Waals surface area contributed by atoms with Crippen molar-refractivity contribution in [3.63, 3.8) is 0 Å². The molecule has 6 nitrogen and oxygen atoms in total. The Labute approximate surface area is 96.1 Å². The van der Waals surface area contributed by atoms with E-state index in [4.69, 9.17) is 5.73 Å². The fourth-order valence-corrected chi connectivity index (χ4v) is 1.82. The zero-order chi connectivity index (χ0) is 11.8. The summed E-state index contributed by atoms with van der Waals surface area (Å²) in [5.74, 6) is 0.682. The summed E-state index contributed by atoms with van der Waals surface area (Å²) in [5.41, 5.74) is 8.15. The Balaban J connectivity index is 2.41. The smallest absolute Gasteiger partial charge is 0.212 e. The molecule has 0 aliphatic rings. The number of nitrogen functional groups attached to an aromatic ring is 1. The number of hydrogen-bond acceptors (Lipinski definition) is 4. The van der Waals surface area contributed by atoms with Gasteiger partial charge in [-0.2, -0.15) is 0 Å². The summed E-state index contributed by atoms with van der Waals surface area (Å²) in [5, 5.41) is 2.47. The van der Waals surface area contributed by atoms with E-state index >= 15 is 0 Å². The molecule has 17 heavy (non-hydrogen) atoms. The zero-order valence-electron chi connectivity index (χ0n) is 8.79. The SMILES string of the molecule is Nc1nc(NC=O)cn2c1nc1ccccc12. The Hall–Kier alpha value is -2.63. The molecule has 0 aliphatic carbocycles. The number of rotatable bonds is 2. The van der Waals surface area contributed by atoms with Gasteiger partial charge in [-0.3, -0.25) is 9.20 Å². The minimum absolute atomic E-state index is 0.285. The average Bonchev–Trinajstić information content (AvgIpc) is 2.69. The van der Waals surface area contributed by atoms with Gasteiger partial charge in [-0.15, -0.1) is 0 Å². The number of carbonyl (C=O) groups excluding carboxylic acids is 1. The number of aromatic nitrogens is 3. The van der Waals surface area contributed by atoms with Crippen molar-refractivity contribution in [2.24, 2.45) is 0 Å². The van der Waals surface area contributed by atoms with Crippen molar-refractivity contribution >= 4 is 34.7 Å². The molecular formula is C11H9N5O. The second-order valence-corrected chi connectivity index (χ2v) is 3.57. The Morgan fingerprint density at radius 3 is 2.94 bits per heavy atom. The van der Waals surface area contributed by atoms with Crippen molar-refractivity contribution in [1.29, 1.82) is 0 Å². The molecule has 0 saturated carbocycles. The van der Waals surface area contributed by atoms with Crippen LogP contribution in [0.2, 0.25) is 0 Å². The van der Waals surface area contributed by atoms with Crippen molar-refractivity contribution in [2.75, 3.05) is 11.1 Å². The first-order valence-corrected chi connectivity index (χ1v) is 5.03. The van der Waals surface area contributed by atoms with Gasteiger partial charge < -0.3 is 11.1 Å². The lowest BCUT2D eigenvalue weighted by atomic mass is 10.3. The van der Waals surface area contributed by atoms with Crippen molar-refractivity contribution < 1.29 is 4.79 Å². The molecular weight excluding hydrogens is 218 g/mol. The van der Waals surface area contributed by atoms with Crippen LogP contribution in [0.3, 0.4) is 0 Å². The Morgan fingerprint density at radius 2 is 2.12 bits per heavy atom. The topological polar surface area (TPSA) is 85.3 Å². The summed E-state index contributed by atoms with van der Waals surface area (Å²) in [4.78, 5) is 18.8. The molecule has 0 unspecified atom stereocenters. The number of nitrogens with two attached hydrogens (primary N) is 1. The number of fused-ring (bicyclic) bond motifs is 3. The molecule has 3 rings (SSSR count). The molecule has 0 aliphatic heterocycles. The molecule has 6 heteroatoms. The molecule has 1 amide bonds. The average molecular weight is 227 g/mol. The summed E-state index contributed by atoms with van der Waals surface area (Å²) >= 11 is 0. The minimum atomic E-state index is 0.285. The van der Waals surface area contributed by atoms with Gasteiger partial charge in [-0.05, 0) is 12.1 Å². The third-order valence-corrected chi connectivity index (χ3v) is 2.52. The maximum absolute atomic E-state index is 10.4. The molecule has 2 aromatic heterocycles. The van der Waals surface area contributed by atoms with Gasteiger partial charge >= 0.3 is 0 Å². The van der Waals surface area contributed by atoms with Crippen LogP contribution < -0.4 is 11.1 Å². The maximum Gasteiger partial charge on any atom is 0.212 e. The molecule has 2 heterocycles. The number of benzene rings is 1. The number of amides is 1. The predicted molar refractivity (Wildman–Crippen MR) is 64.6 cm³/mol. The summed E-state index contributed by atoms with van der Waals surface area (Å²) < 4.78 is 1.81. The van der Waals surface area contributed by atoms with Gasteiger partial charge in [0, 0.05) is 0 Å². The Morgan fingerprint density at radius 1 is 1.29 bits per heavy atom. The van der Waals surface area contributed by atoms with E-state index in [1.165, 1.54) is 0 Å². The molecule has 0 spiro atoms. The van der Waals surface area contributed by atoms with Crippen molar-refractivity contribution in [3.8, 4) is 0 Å². The van der Waals surface area contributed by atoms with Crippen LogP contribution in [0.1, 0.15) is 0 Å². The Bertz CT molecular complexity index is 718. The molecule has 84 valence electrons. The number of imidazole rings is 1. The van der Waals surface area contributed by atoms with Crippen LogP contribution in [0.5, 0.6) is 0 Å². The predicted octanol–water partition coefficient (Wildman–Crippen LogP) is 1.03. The van der Waals surface area contributed by atoms with Gasteiger partial charge in [-0.25, -0.2) is 9.97 Å². The molecule has 1 aromatic carbocycles. The second-order valence-electron chi connectivity index (χ2n) is 3.57. The van der Waals surface area contributed by atoms with Crippen LogP contribution >= 0.6 is 0 Å². The van der Waals surface area contributed by atoms with Gasteiger partial charge in [0.2, 0.25) is 6.41 Å². The van der Waals surface area contributed by atoms with Crippen LogP contribution in [0.25, 0.3) is 16.7 Å². The molecule has 3 N–H and O–H groups in total. The molecule has 0 saturated heterocycles. The van der Waals surface area contributed by atoms with Crippen LogP contribution in [-0.2, 0) is 4.79 Å². The number of anilines is 2. The summed E-state index contributed by atoms with van der Waals surface area (Å²) in [6, 6.07) is 7.65. The van der Waals surface area contributed by atoms with Crippen LogP contribution in [-0.4, -0.2) is 20.8 Å². The number of para-hydroxylation sites is 2. The van der Waals surface area contributed by atoms with E-state index in [0.29, 0.717) is 17.9 Å². The maximum atomic E-state index is 10.4. The number of hydrogen-bond donors (Lipinski definition) is 2. The fraction of sp³-hybridized carbons (Fsp3) is 0. The van der Waals surface area contributed by atoms with Crippen LogP contribution in [0.4, 0.5) is 11.6 Å². The second kappa shape index (κ2) is 3.44.